The van der Waals surface area contributed by atoms with Gasteiger partial charge in [0.25, 0.3) is 5.91 Å². The topological polar surface area (TPSA) is 117 Å². The maximum atomic E-state index is 12.9. The number of urea groups is 1. The van der Waals surface area contributed by atoms with Crippen LogP contribution in [0.5, 0.6) is 0 Å². The summed E-state index contributed by atoms with van der Waals surface area (Å²) in [6, 6.07) is 19.0. The molecule has 37 heavy (non-hydrogen) atoms. The molecule has 9 nitrogen and oxygen atoms in total. The normalized spacial score (nSPS) is 12.6. The number of rotatable bonds is 5. The van der Waals surface area contributed by atoms with E-state index in [1.165, 1.54) is 0 Å². The highest BCUT2D eigenvalue weighted by Gasteiger charge is 2.22. The first-order valence-corrected chi connectivity index (χ1v) is 12.1. The van der Waals surface area contributed by atoms with Crippen molar-refractivity contribution in [1.29, 1.82) is 0 Å². The fourth-order valence-corrected chi connectivity index (χ4v) is 4.59. The third-order valence-corrected chi connectivity index (χ3v) is 6.52. The van der Waals surface area contributed by atoms with Crippen LogP contribution in [-0.4, -0.2) is 31.9 Å². The Kier molecular flexibility index (Phi) is 5.45. The highest BCUT2D eigenvalue weighted by molar-refractivity contribution is 6.03. The zero-order valence-corrected chi connectivity index (χ0v) is 20.4. The number of hydrogen-bond donors (Lipinski definition) is 4. The van der Waals surface area contributed by atoms with Crippen molar-refractivity contribution < 1.29 is 9.59 Å². The van der Waals surface area contributed by atoms with Crippen molar-refractivity contribution in [3.8, 4) is 22.4 Å². The molecule has 184 valence electrons. The number of benzene rings is 3. The number of fused-ring (bicyclic) bond motifs is 2. The van der Waals surface area contributed by atoms with Gasteiger partial charge in [-0.15, -0.1) is 0 Å². The molecule has 6 rings (SSSR count). The van der Waals surface area contributed by atoms with E-state index >= 15 is 0 Å². The van der Waals surface area contributed by atoms with Crippen LogP contribution in [-0.2, 0) is 6.54 Å². The third kappa shape index (κ3) is 4.20. The number of nitrogens with zero attached hydrogens (tertiary/aromatic N) is 3. The first kappa shape index (κ1) is 22.5. The van der Waals surface area contributed by atoms with Gasteiger partial charge >= 0.3 is 6.03 Å². The quantitative estimate of drug-likeness (QED) is 0.257. The lowest BCUT2D eigenvalue weighted by Gasteiger charge is -2.10. The Bertz CT molecular complexity index is 1650. The van der Waals surface area contributed by atoms with Crippen LogP contribution in [0.4, 0.5) is 16.2 Å². The van der Waals surface area contributed by atoms with Crippen LogP contribution >= 0.6 is 0 Å². The number of aromatic amines is 1. The molecule has 4 N–H and O–H groups in total. The van der Waals surface area contributed by atoms with Crippen molar-refractivity contribution in [3.05, 3.63) is 84.2 Å². The Morgan fingerprint density at radius 1 is 1.00 bits per heavy atom. The lowest BCUT2D eigenvalue weighted by atomic mass is 9.97. The molecule has 5 aromatic rings. The van der Waals surface area contributed by atoms with E-state index in [1.54, 1.807) is 6.20 Å². The van der Waals surface area contributed by atoms with Crippen LogP contribution in [0.2, 0.25) is 0 Å². The van der Waals surface area contributed by atoms with E-state index in [4.69, 9.17) is 5.10 Å². The van der Waals surface area contributed by atoms with E-state index in [1.807, 2.05) is 85.4 Å². The van der Waals surface area contributed by atoms with Crippen molar-refractivity contribution in [2.24, 2.45) is 0 Å². The van der Waals surface area contributed by atoms with E-state index in [0.717, 1.165) is 33.2 Å². The van der Waals surface area contributed by atoms with Crippen molar-refractivity contribution in [1.82, 2.24) is 25.3 Å². The molecular formula is C28H25N7O2. The lowest BCUT2D eigenvalue weighted by molar-refractivity contribution is 0.0965. The molecule has 2 aromatic heterocycles. The van der Waals surface area contributed by atoms with Gasteiger partial charge in [0.05, 0.1) is 17.4 Å². The summed E-state index contributed by atoms with van der Waals surface area (Å²) < 4.78 is 1.83. The minimum atomic E-state index is -0.364. The Hall–Kier alpha value is -4.92. The standard InChI is InChI=1S/C28H25N7O2/c1-16(2)35-15-25(26(34-35)18-8-11-24-19(12-18)13-30-33-24)32-28(37)31-20-9-6-17(7-10-20)21-4-3-5-22-23(21)14-29-27(22)36/h3-13,15-16H,14H2,1-2H3,(H,29,36)(H,30,33)(H2,31,32,37). The lowest BCUT2D eigenvalue weighted by Crippen LogP contribution is -2.19. The van der Waals surface area contributed by atoms with Gasteiger partial charge < -0.3 is 16.0 Å². The second-order valence-corrected chi connectivity index (χ2v) is 9.31. The summed E-state index contributed by atoms with van der Waals surface area (Å²) in [4.78, 5) is 24.9. The molecule has 0 saturated heterocycles. The fourth-order valence-electron chi connectivity index (χ4n) is 4.59. The SMILES string of the molecule is CC(C)n1cc(NC(=O)Nc2ccc(-c3cccc4c3CNC4=O)cc2)c(-c2ccc3[nH]ncc3c2)n1. The molecule has 3 amide bonds. The van der Waals surface area contributed by atoms with Gasteiger partial charge in [0.2, 0.25) is 0 Å². The highest BCUT2D eigenvalue weighted by Crippen LogP contribution is 2.31. The Morgan fingerprint density at radius 3 is 2.59 bits per heavy atom. The van der Waals surface area contributed by atoms with E-state index in [-0.39, 0.29) is 18.0 Å². The van der Waals surface area contributed by atoms with E-state index < -0.39 is 0 Å². The second kappa shape index (κ2) is 8.94. The molecule has 3 heterocycles. The number of hydrogen-bond acceptors (Lipinski definition) is 4. The summed E-state index contributed by atoms with van der Waals surface area (Å²) in [5, 5.41) is 21.5. The Balaban J connectivity index is 1.22. The molecule has 0 atom stereocenters. The third-order valence-electron chi connectivity index (χ3n) is 6.52. The second-order valence-electron chi connectivity index (χ2n) is 9.31. The molecule has 0 spiro atoms. The molecule has 0 unspecified atom stereocenters. The average Bonchev–Trinajstić information content (AvgIpc) is 3.63. The molecular weight excluding hydrogens is 466 g/mol. The summed E-state index contributed by atoms with van der Waals surface area (Å²) in [5.41, 5.74) is 7.47. The van der Waals surface area contributed by atoms with Crippen molar-refractivity contribution >= 4 is 34.2 Å². The van der Waals surface area contributed by atoms with Crippen molar-refractivity contribution in [2.75, 3.05) is 10.6 Å². The van der Waals surface area contributed by atoms with Crippen LogP contribution in [0.3, 0.4) is 0 Å². The van der Waals surface area contributed by atoms with Gasteiger partial charge in [-0.05, 0) is 60.9 Å². The molecule has 3 aromatic carbocycles. The van der Waals surface area contributed by atoms with E-state index in [9.17, 15) is 9.59 Å². The van der Waals surface area contributed by atoms with Gasteiger partial charge in [0.1, 0.15) is 5.69 Å². The number of carbonyl (C=O) groups excluding carboxylic acids is 2. The van der Waals surface area contributed by atoms with Gasteiger partial charge in [0.15, 0.2) is 0 Å². The number of nitrogens with one attached hydrogen (secondary N) is 4. The minimum absolute atomic E-state index is 0.0448. The van der Waals surface area contributed by atoms with Gasteiger partial charge in [-0.2, -0.15) is 10.2 Å². The molecule has 0 saturated carbocycles. The molecule has 0 fully saturated rings. The molecule has 0 aliphatic carbocycles. The van der Waals surface area contributed by atoms with Crippen molar-refractivity contribution in [3.63, 3.8) is 0 Å². The van der Waals surface area contributed by atoms with Gasteiger partial charge in [0, 0.05) is 41.0 Å². The number of amides is 3. The van der Waals surface area contributed by atoms with Gasteiger partial charge in [-0.25, -0.2) is 4.79 Å². The van der Waals surface area contributed by atoms with Crippen LogP contribution in [0.1, 0.15) is 35.8 Å². The molecule has 0 radical (unpaired) electrons. The maximum Gasteiger partial charge on any atom is 0.323 e. The smallest absolute Gasteiger partial charge is 0.323 e. The summed E-state index contributed by atoms with van der Waals surface area (Å²) in [6.07, 6.45) is 3.60. The maximum absolute atomic E-state index is 12.9. The van der Waals surface area contributed by atoms with Crippen LogP contribution in [0.25, 0.3) is 33.3 Å². The molecule has 9 heteroatoms. The summed E-state index contributed by atoms with van der Waals surface area (Å²) in [5.74, 6) is -0.0448. The van der Waals surface area contributed by atoms with Gasteiger partial charge in [-0.3, -0.25) is 14.6 Å². The van der Waals surface area contributed by atoms with Crippen LogP contribution in [0.15, 0.2) is 73.1 Å². The van der Waals surface area contributed by atoms with Gasteiger partial charge in [-0.1, -0.05) is 30.3 Å². The number of aromatic nitrogens is 4. The molecule has 1 aliphatic rings. The molecule has 0 bridgehead atoms. The average molecular weight is 492 g/mol. The zero-order chi connectivity index (χ0) is 25.5. The van der Waals surface area contributed by atoms with E-state index in [0.29, 0.717) is 29.2 Å². The number of H-pyrrole nitrogens is 1. The van der Waals surface area contributed by atoms with Crippen LogP contribution in [0, 0.1) is 0 Å². The number of carbonyl (C=O) groups is 2. The summed E-state index contributed by atoms with van der Waals surface area (Å²) in [6.45, 7) is 4.60. The Labute approximate surface area is 212 Å². The minimum Gasteiger partial charge on any atom is -0.348 e. The monoisotopic (exact) mass is 491 g/mol. The summed E-state index contributed by atoms with van der Waals surface area (Å²) in [7, 11) is 0. The summed E-state index contributed by atoms with van der Waals surface area (Å²) >= 11 is 0. The first-order valence-electron chi connectivity index (χ1n) is 12.1. The first-order chi connectivity index (χ1) is 18.0. The highest BCUT2D eigenvalue weighted by atomic mass is 16.2. The van der Waals surface area contributed by atoms with Crippen LogP contribution < -0.4 is 16.0 Å². The zero-order valence-electron chi connectivity index (χ0n) is 20.4. The van der Waals surface area contributed by atoms with E-state index in [2.05, 4.69) is 26.1 Å². The van der Waals surface area contributed by atoms with Crippen molar-refractivity contribution in [2.45, 2.75) is 26.4 Å². The predicted octanol–water partition coefficient (Wildman–Crippen LogP) is 5.56. The largest absolute Gasteiger partial charge is 0.348 e. The predicted molar refractivity (Wildman–Crippen MR) is 143 cm³/mol. The molecule has 1 aliphatic heterocycles. The Morgan fingerprint density at radius 2 is 1.78 bits per heavy atom. The number of anilines is 2. The fraction of sp³-hybridized carbons (Fsp3) is 0.143.